The van der Waals surface area contributed by atoms with Crippen molar-refractivity contribution in [1.82, 2.24) is 0 Å². The van der Waals surface area contributed by atoms with Gasteiger partial charge in [0, 0.05) is 5.02 Å². The van der Waals surface area contributed by atoms with Crippen molar-refractivity contribution < 1.29 is 0 Å². The van der Waals surface area contributed by atoms with Crippen molar-refractivity contribution in [3.63, 3.8) is 0 Å². The number of hydrogen-bond donors (Lipinski definition) is 0. The Kier molecular flexibility index (Phi) is 4.24. The molecule has 2 nitrogen and oxygen atoms in total. The Balaban J connectivity index is 2.33. The molecule has 0 heterocycles. The number of benzene rings is 2. The highest BCUT2D eigenvalue weighted by Gasteiger charge is 2.17. The second kappa shape index (κ2) is 5.90. The maximum absolute atomic E-state index is 9.30. The third-order valence-electron chi connectivity index (χ3n) is 2.50. The topological polar surface area (TPSA) is 27.0 Å². The van der Waals surface area contributed by atoms with Crippen LogP contribution in [0.1, 0.15) is 10.5 Å². The van der Waals surface area contributed by atoms with Crippen LogP contribution in [0.2, 0.25) is 5.02 Å². The molecule has 0 saturated carbocycles. The summed E-state index contributed by atoms with van der Waals surface area (Å²) in [6, 6.07) is 17.0. The van der Waals surface area contributed by atoms with Gasteiger partial charge in [0.05, 0.1) is 5.69 Å². The minimum Gasteiger partial charge on any atom is -0.261 e. The van der Waals surface area contributed by atoms with Crippen LogP contribution in [-0.2, 0) is 0 Å². The van der Waals surface area contributed by atoms with Crippen LogP contribution >= 0.6 is 27.5 Å². The highest BCUT2D eigenvalue weighted by molar-refractivity contribution is 9.09. The Bertz CT molecular complexity index is 566. The highest BCUT2D eigenvalue weighted by Crippen LogP contribution is 2.32. The maximum atomic E-state index is 9.30. The summed E-state index contributed by atoms with van der Waals surface area (Å²) in [6.45, 7) is 0. The second-order valence-electron chi connectivity index (χ2n) is 3.70. The molecule has 90 valence electrons. The van der Waals surface area contributed by atoms with Crippen molar-refractivity contribution in [2.24, 2.45) is 0 Å². The van der Waals surface area contributed by atoms with Gasteiger partial charge in [-0.15, -0.1) is 0 Å². The smallest absolute Gasteiger partial charge is 0.185 e. The van der Waals surface area contributed by atoms with Crippen LogP contribution in [0.5, 0.6) is 0 Å². The molecule has 0 aliphatic rings. The first-order valence-corrected chi connectivity index (χ1v) is 6.65. The van der Waals surface area contributed by atoms with Crippen molar-refractivity contribution in [3.8, 4) is 6.19 Å². The van der Waals surface area contributed by atoms with E-state index >= 15 is 0 Å². The predicted molar refractivity (Wildman–Crippen MR) is 77.7 cm³/mol. The van der Waals surface area contributed by atoms with Crippen molar-refractivity contribution >= 4 is 33.2 Å². The molecule has 0 spiro atoms. The number of alkyl halides is 1. The fraction of sp³-hybridized carbons (Fsp3) is 0.0714. The van der Waals surface area contributed by atoms with E-state index in [1.165, 1.54) is 0 Å². The summed E-state index contributed by atoms with van der Waals surface area (Å²) in [6.07, 6.45) is 2.17. The first-order valence-electron chi connectivity index (χ1n) is 5.36. The Morgan fingerprint density at radius 2 is 1.83 bits per heavy atom. The van der Waals surface area contributed by atoms with E-state index in [4.69, 9.17) is 11.6 Å². The molecule has 0 aliphatic heterocycles. The number of anilines is 1. The lowest BCUT2D eigenvalue weighted by Gasteiger charge is -2.22. The van der Waals surface area contributed by atoms with Crippen LogP contribution in [0, 0.1) is 11.5 Å². The number of nitriles is 1. The average molecular weight is 322 g/mol. The zero-order valence-electron chi connectivity index (χ0n) is 9.42. The summed E-state index contributed by atoms with van der Waals surface area (Å²) in [5.74, 6) is 0. The van der Waals surface area contributed by atoms with E-state index in [0.717, 1.165) is 11.3 Å². The van der Waals surface area contributed by atoms with Crippen LogP contribution in [0.4, 0.5) is 5.69 Å². The highest BCUT2D eigenvalue weighted by atomic mass is 79.9. The molecule has 2 aromatic rings. The number of nitrogens with zero attached hydrogens (tertiary/aromatic N) is 2. The Morgan fingerprint density at radius 1 is 1.11 bits per heavy atom. The lowest BCUT2D eigenvalue weighted by molar-refractivity contribution is 0.966. The lowest BCUT2D eigenvalue weighted by Crippen LogP contribution is -2.18. The molecule has 0 fully saturated rings. The molecular formula is C14H10BrClN2. The van der Waals surface area contributed by atoms with Crippen molar-refractivity contribution in [2.75, 3.05) is 4.90 Å². The van der Waals surface area contributed by atoms with E-state index < -0.39 is 0 Å². The van der Waals surface area contributed by atoms with Gasteiger partial charge in [-0.2, -0.15) is 5.26 Å². The van der Waals surface area contributed by atoms with E-state index in [-0.39, 0.29) is 4.95 Å². The van der Waals surface area contributed by atoms with Crippen molar-refractivity contribution in [1.29, 1.82) is 5.26 Å². The Labute approximate surface area is 120 Å². The number of hydrogen-bond acceptors (Lipinski definition) is 2. The van der Waals surface area contributed by atoms with Crippen molar-refractivity contribution in [3.05, 3.63) is 65.2 Å². The lowest BCUT2D eigenvalue weighted by atomic mass is 10.2. The van der Waals surface area contributed by atoms with E-state index in [1.54, 1.807) is 17.0 Å². The van der Waals surface area contributed by atoms with Gasteiger partial charge in [-0.1, -0.05) is 63.9 Å². The number of halogens is 2. The van der Waals surface area contributed by atoms with Crippen LogP contribution in [0.25, 0.3) is 0 Å². The van der Waals surface area contributed by atoms with Crippen LogP contribution in [0.3, 0.4) is 0 Å². The summed E-state index contributed by atoms with van der Waals surface area (Å²) >= 11 is 9.48. The molecule has 0 saturated heterocycles. The molecule has 4 heteroatoms. The second-order valence-corrected chi connectivity index (χ2v) is 5.00. The van der Waals surface area contributed by atoms with Crippen LogP contribution < -0.4 is 4.90 Å². The fourth-order valence-corrected chi connectivity index (χ4v) is 2.44. The summed E-state index contributed by atoms with van der Waals surface area (Å²) in [4.78, 5) is 1.36. The molecule has 2 aromatic carbocycles. The molecule has 0 aliphatic carbocycles. The zero-order valence-corrected chi connectivity index (χ0v) is 11.8. The van der Waals surface area contributed by atoms with Crippen molar-refractivity contribution in [2.45, 2.75) is 4.95 Å². The van der Waals surface area contributed by atoms with Crippen LogP contribution in [0.15, 0.2) is 54.6 Å². The van der Waals surface area contributed by atoms with E-state index in [9.17, 15) is 5.26 Å². The van der Waals surface area contributed by atoms with E-state index in [2.05, 4.69) is 22.1 Å². The standard InChI is InChI=1S/C14H10BrClN2/c15-14(11-5-2-1-3-6-11)18(10-17)13-8-4-7-12(16)9-13/h1-9,14H. The van der Waals surface area contributed by atoms with Gasteiger partial charge in [0.15, 0.2) is 6.19 Å². The van der Waals surface area contributed by atoms with Gasteiger partial charge in [0.25, 0.3) is 0 Å². The largest absolute Gasteiger partial charge is 0.261 e. The molecule has 2 rings (SSSR count). The van der Waals surface area contributed by atoms with Gasteiger partial charge in [0.2, 0.25) is 0 Å². The first kappa shape index (κ1) is 12.9. The minimum atomic E-state index is -0.206. The van der Waals surface area contributed by atoms with Gasteiger partial charge < -0.3 is 0 Å². The maximum Gasteiger partial charge on any atom is 0.185 e. The zero-order chi connectivity index (χ0) is 13.0. The minimum absolute atomic E-state index is 0.206. The Hall–Kier alpha value is -1.50. The predicted octanol–water partition coefficient (Wildman–Crippen LogP) is 4.72. The quantitative estimate of drug-likeness (QED) is 0.354. The van der Waals surface area contributed by atoms with Gasteiger partial charge in [0.1, 0.15) is 4.95 Å². The summed E-state index contributed by atoms with van der Waals surface area (Å²) in [5, 5.41) is 9.92. The molecule has 0 bridgehead atoms. The summed E-state index contributed by atoms with van der Waals surface area (Å²) in [7, 11) is 0. The molecule has 18 heavy (non-hydrogen) atoms. The molecule has 0 radical (unpaired) electrons. The normalized spacial score (nSPS) is 11.6. The molecule has 1 atom stereocenters. The molecule has 1 unspecified atom stereocenters. The fourth-order valence-electron chi connectivity index (χ4n) is 1.63. The first-order chi connectivity index (χ1) is 8.72. The molecule has 0 N–H and O–H groups in total. The van der Waals surface area contributed by atoms with Crippen LogP contribution in [-0.4, -0.2) is 0 Å². The third-order valence-corrected chi connectivity index (χ3v) is 3.67. The third kappa shape index (κ3) is 2.84. The molecule has 0 aromatic heterocycles. The van der Waals surface area contributed by atoms with Gasteiger partial charge in [-0.25, -0.2) is 0 Å². The Morgan fingerprint density at radius 3 is 2.44 bits per heavy atom. The summed E-state index contributed by atoms with van der Waals surface area (Å²) in [5.41, 5.74) is 1.77. The van der Waals surface area contributed by atoms with E-state index in [0.29, 0.717) is 5.02 Å². The average Bonchev–Trinajstić information content (AvgIpc) is 2.40. The van der Waals surface area contributed by atoms with E-state index in [1.807, 2.05) is 42.5 Å². The molecular weight excluding hydrogens is 312 g/mol. The molecule has 0 amide bonds. The van der Waals surface area contributed by atoms with Gasteiger partial charge in [-0.05, 0) is 23.8 Å². The monoisotopic (exact) mass is 320 g/mol. The number of rotatable bonds is 3. The van der Waals surface area contributed by atoms with Gasteiger partial charge >= 0.3 is 0 Å². The summed E-state index contributed by atoms with van der Waals surface area (Å²) < 4.78 is 0. The van der Waals surface area contributed by atoms with Gasteiger partial charge in [-0.3, -0.25) is 4.90 Å². The SMILES string of the molecule is N#CN(c1cccc(Cl)c1)C(Br)c1ccccc1.